The molecule has 0 fully saturated rings. The van der Waals surface area contributed by atoms with Gasteiger partial charge >= 0.3 is 0 Å². The second-order valence-electron chi connectivity index (χ2n) is 8.05. The summed E-state index contributed by atoms with van der Waals surface area (Å²) >= 11 is 1.34. The van der Waals surface area contributed by atoms with E-state index in [0.29, 0.717) is 23.3 Å². The maximum absolute atomic E-state index is 12.7. The molecule has 2 aliphatic rings. The number of aliphatic imine (C=N–C) groups is 2. The number of carbonyl (C=O) groups excluding carboxylic acids is 2. The second kappa shape index (κ2) is 9.06. The van der Waals surface area contributed by atoms with Gasteiger partial charge in [0.2, 0.25) is 5.91 Å². The smallest absolute Gasteiger partial charge is 0.270 e. The van der Waals surface area contributed by atoms with E-state index in [1.165, 1.54) is 11.8 Å². The zero-order chi connectivity index (χ0) is 22.0. The molecular formula is C24H26N4O2S. The number of amides is 2. The lowest BCUT2D eigenvalue weighted by Crippen LogP contribution is -2.44. The van der Waals surface area contributed by atoms with Crippen LogP contribution < -0.4 is 5.32 Å². The molecule has 2 aromatic carbocycles. The molecular weight excluding hydrogens is 408 g/mol. The van der Waals surface area contributed by atoms with Crippen molar-refractivity contribution in [3.63, 3.8) is 0 Å². The minimum Gasteiger partial charge on any atom is -0.325 e. The highest BCUT2D eigenvalue weighted by atomic mass is 32.2. The fourth-order valence-corrected chi connectivity index (χ4v) is 4.69. The number of aryl methyl sites for hydroxylation is 1. The molecule has 0 saturated heterocycles. The summed E-state index contributed by atoms with van der Waals surface area (Å²) in [6.45, 7) is 6.24. The number of para-hydroxylation sites is 2. The largest absolute Gasteiger partial charge is 0.325 e. The number of nitrogens with zero attached hydrogens (tertiary/aromatic N) is 3. The van der Waals surface area contributed by atoms with E-state index in [1.54, 1.807) is 0 Å². The number of nitrogens with one attached hydrogen (secondary N) is 1. The van der Waals surface area contributed by atoms with Crippen LogP contribution in [-0.2, 0) is 16.0 Å². The monoisotopic (exact) mass is 434 g/mol. The normalized spacial score (nSPS) is 17.2. The molecule has 0 saturated carbocycles. The summed E-state index contributed by atoms with van der Waals surface area (Å²) in [7, 11) is 0. The van der Waals surface area contributed by atoms with Crippen molar-refractivity contribution in [3.8, 4) is 0 Å². The van der Waals surface area contributed by atoms with Crippen molar-refractivity contribution < 1.29 is 9.59 Å². The van der Waals surface area contributed by atoms with Crippen LogP contribution in [0.4, 0.5) is 11.4 Å². The van der Waals surface area contributed by atoms with Gasteiger partial charge < -0.3 is 5.32 Å². The molecule has 4 rings (SSSR count). The van der Waals surface area contributed by atoms with Crippen molar-refractivity contribution in [2.45, 2.75) is 39.7 Å². The predicted octanol–water partition coefficient (Wildman–Crippen LogP) is 4.63. The Labute approximate surface area is 186 Å². The fourth-order valence-electron chi connectivity index (χ4n) is 3.84. The van der Waals surface area contributed by atoms with Gasteiger partial charge in [0.25, 0.3) is 5.91 Å². The Bertz CT molecular complexity index is 1080. The molecule has 7 heteroatoms. The highest BCUT2D eigenvalue weighted by Gasteiger charge is 2.41. The molecule has 0 bridgehead atoms. The number of amidine groups is 2. The van der Waals surface area contributed by atoms with Crippen LogP contribution in [-0.4, -0.2) is 39.5 Å². The summed E-state index contributed by atoms with van der Waals surface area (Å²) in [6, 6.07) is 15.1. The Morgan fingerprint density at radius 1 is 1.13 bits per heavy atom. The molecule has 2 aromatic rings. The van der Waals surface area contributed by atoms with Crippen LogP contribution in [0.2, 0.25) is 0 Å². The van der Waals surface area contributed by atoms with Gasteiger partial charge in [0.05, 0.1) is 11.4 Å². The molecule has 1 N–H and O–H groups in total. The van der Waals surface area contributed by atoms with Crippen molar-refractivity contribution in [2.75, 3.05) is 11.1 Å². The van der Waals surface area contributed by atoms with Crippen molar-refractivity contribution in [1.29, 1.82) is 0 Å². The van der Waals surface area contributed by atoms with Crippen molar-refractivity contribution in [3.05, 3.63) is 59.7 Å². The Morgan fingerprint density at radius 3 is 2.65 bits per heavy atom. The van der Waals surface area contributed by atoms with Gasteiger partial charge in [0.1, 0.15) is 11.9 Å². The zero-order valence-electron chi connectivity index (χ0n) is 18.0. The SMILES string of the molecule is CCc1ccccc1NC(=O)CSC1=Nc2ccccc2C2=NC(=O)C(CC(C)C)N12. The molecule has 31 heavy (non-hydrogen) atoms. The van der Waals surface area contributed by atoms with Gasteiger partial charge in [-0.25, -0.2) is 4.99 Å². The quantitative estimate of drug-likeness (QED) is 0.720. The Morgan fingerprint density at radius 2 is 1.87 bits per heavy atom. The first-order valence-electron chi connectivity index (χ1n) is 10.6. The van der Waals surface area contributed by atoms with Crippen LogP contribution in [0.5, 0.6) is 0 Å². The Kier molecular flexibility index (Phi) is 6.23. The third-order valence-corrected chi connectivity index (χ3v) is 6.26. The van der Waals surface area contributed by atoms with Crippen molar-refractivity contribution in [2.24, 2.45) is 15.9 Å². The number of hydrogen-bond acceptors (Lipinski definition) is 5. The van der Waals surface area contributed by atoms with Crippen LogP contribution in [0.25, 0.3) is 0 Å². The van der Waals surface area contributed by atoms with E-state index < -0.39 is 0 Å². The maximum Gasteiger partial charge on any atom is 0.270 e. The summed E-state index contributed by atoms with van der Waals surface area (Å²) in [6.07, 6.45) is 1.53. The lowest BCUT2D eigenvalue weighted by atomic mass is 10.0. The van der Waals surface area contributed by atoms with E-state index in [1.807, 2.05) is 53.4 Å². The predicted molar refractivity (Wildman–Crippen MR) is 127 cm³/mol. The molecule has 0 aromatic heterocycles. The molecule has 160 valence electrons. The van der Waals surface area contributed by atoms with Gasteiger partial charge in [-0.15, -0.1) is 0 Å². The minimum atomic E-state index is -0.376. The number of carbonyl (C=O) groups is 2. The van der Waals surface area contributed by atoms with E-state index in [9.17, 15) is 9.59 Å². The third-order valence-electron chi connectivity index (χ3n) is 5.31. The first kappa shape index (κ1) is 21.3. The van der Waals surface area contributed by atoms with E-state index in [-0.39, 0.29) is 23.6 Å². The van der Waals surface area contributed by atoms with E-state index in [2.05, 4.69) is 31.1 Å². The van der Waals surface area contributed by atoms with Gasteiger partial charge in [-0.3, -0.25) is 14.5 Å². The highest BCUT2D eigenvalue weighted by Crippen LogP contribution is 2.35. The first-order chi connectivity index (χ1) is 15.0. The van der Waals surface area contributed by atoms with Crippen LogP contribution in [0.1, 0.15) is 38.3 Å². The molecule has 1 unspecified atom stereocenters. The standard InChI is InChI=1S/C24H26N4O2S/c1-4-16-9-5-7-11-18(16)25-21(29)14-31-24-26-19-12-8-6-10-17(19)22-27-23(30)20(28(22)24)13-15(2)3/h5-12,15,20H,4,13-14H2,1-3H3,(H,25,29). The second-order valence-corrected chi connectivity index (χ2v) is 8.99. The van der Waals surface area contributed by atoms with Gasteiger partial charge in [0.15, 0.2) is 5.17 Å². The highest BCUT2D eigenvalue weighted by molar-refractivity contribution is 8.14. The number of thioether (sulfide) groups is 1. The number of fused-ring (bicyclic) bond motifs is 3. The van der Waals surface area contributed by atoms with Crippen LogP contribution in [0.3, 0.4) is 0 Å². The Hall–Kier alpha value is -2.93. The van der Waals surface area contributed by atoms with E-state index in [0.717, 1.165) is 28.9 Å². The van der Waals surface area contributed by atoms with Crippen LogP contribution in [0, 0.1) is 5.92 Å². The van der Waals surface area contributed by atoms with Crippen LogP contribution >= 0.6 is 11.8 Å². The van der Waals surface area contributed by atoms with Crippen molar-refractivity contribution in [1.82, 2.24) is 4.90 Å². The van der Waals surface area contributed by atoms with Gasteiger partial charge in [-0.1, -0.05) is 62.9 Å². The summed E-state index contributed by atoms with van der Waals surface area (Å²) in [5.74, 6) is 0.930. The minimum absolute atomic E-state index is 0.100. The first-order valence-corrected chi connectivity index (χ1v) is 11.6. The summed E-state index contributed by atoms with van der Waals surface area (Å²) in [5, 5.41) is 3.65. The molecule has 2 heterocycles. The molecule has 6 nitrogen and oxygen atoms in total. The van der Waals surface area contributed by atoms with E-state index >= 15 is 0 Å². The molecule has 2 aliphatic heterocycles. The third kappa shape index (κ3) is 4.42. The van der Waals surface area contributed by atoms with E-state index in [4.69, 9.17) is 4.99 Å². The molecule has 0 aliphatic carbocycles. The maximum atomic E-state index is 12.7. The van der Waals surface area contributed by atoms with Crippen LogP contribution in [0.15, 0.2) is 58.5 Å². The summed E-state index contributed by atoms with van der Waals surface area (Å²) < 4.78 is 0. The number of hydrogen-bond donors (Lipinski definition) is 1. The van der Waals surface area contributed by atoms with Gasteiger partial charge in [0, 0.05) is 11.3 Å². The lowest BCUT2D eigenvalue weighted by Gasteiger charge is -2.31. The number of benzene rings is 2. The van der Waals surface area contributed by atoms with Crippen molar-refractivity contribution >= 4 is 46.0 Å². The fraction of sp³-hybridized carbons (Fsp3) is 0.333. The summed E-state index contributed by atoms with van der Waals surface area (Å²) in [5.41, 5.74) is 3.56. The molecule has 1 atom stereocenters. The van der Waals surface area contributed by atoms with Gasteiger partial charge in [-0.05, 0) is 42.5 Å². The summed E-state index contributed by atoms with van der Waals surface area (Å²) in [4.78, 5) is 36.5. The molecule has 2 amide bonds. The number of anilines is 1. The average Bonchev–Trinajstić information content (AvgIpc) is 3.08. The zero-order valence-corrected chi connectivity index (χ0v) is 18.8. The molecule has 0 radical (unpaired) electrons. The van der Waals surface area contributed by atoms with Gasteiger partial charge in [-0.2, -0.15) is 4.99 Å². The number of rotatable bonds is 6. The lowest BCUT2D eigenvalue weighted by molar-refractivity contribution is -0.120. The average molecular weight is 435 g/mol. The topological polar surface area (TPSA) is 74.1 Å². The Balaban J connectivity index is 1.56. The molecule has 0 spiro atoms.